The fourth-order valence-corrected chi connectivity index (χ4v) is 4.21. The first-order valence-corrected chi connectivity index (χ1v) is 7.48. The number of fused-ring (bicyclic) bond motifs is 2. The fourth-order valence-electron chi connectivity index (χ4n) is 4.21. The lowest BCUT2D eigenvalue weighted by Gasteiger charge is -2.27. The Bertz CT molecular complexity index is 398. The number of aryl methyl sites for hydroxylation is 1. The first kappa shape index (κ1) is 12.2. The minimum Gasteiger partial charge on any atom is -0.337 e. The van der Waals surface area contributed by atoms with E-state index in [1.54, 1.807) is 0 Å². The van der Waals surface area contributed by atoms with Crippen LogP contribution in [0.5, 0.6) is 0 Å². The number of hydrogen-bond donors (Lipinski definition) is 1. The molecule has 2 fully saturated rings. The van der Waals surface area contributed by atoms with Crippen LogP contribution in [0.4, 0.5) is 0 Å². The second kappa shape index (κ2) is 5.04. The molecule has 18 heavy (non-hydrogen) atoms. The standard InChI is InChI=1S/C15H25N3/c1-3-16-14(15-17-6-7-18(15)2)10-13-9-11-4-5-12(13)8-11/h6-7,11-14,16H,3-5,8-10H2,1-2H3. The van der Waals surface area contributed by atoms with Gasteiger partial charge in [0.2, 0.25) is 0 Å². The Kier molecular flexibility index (Phi) is 3.42. The normalized spacial score (nSPS) is 32.0. The van der Waals surface area contributed by atoms with Crippen LogP contribution in [0.2, 0.25) is 0 Å². The van der Waals surface area contributed by atoms with Crippen LogP contribution in [0.1, 0.15) is 50.9 Å². The topological polar surface area (TPSA) is 29.9 Å². The van der Waals surface area contributed by atoms with Crippen LogP contribution >= 0.6 is 0 Å². The van der Waals surface area contributed by atoms with Crippen molar-refractivity contribution in [3.63, 3.8) is 0 Å². The third-order valence-corrected chi connectivity index (χ3v) is 5.04. The lowest BCUT2D eigenvalue weighted by Crippen LogP contribution is -2.27. The highest BCUT2D eigenvalue weighted by Crippen LogP contribution is 2.50. The average molecular weight is 247 g/mol. The summed E-state index contributed by atoms with van der Waals surface area (Å²) in [5.41, 5.74) is 0. The molecule has 0 amide bonds. The van der Waals surface area contributed by atoms with E-state index in [0.717, 1.165) is 24.3 Å². The molecule has 0 aliphatic heterocycles. The van der Waals surface area contributed by atoms with Crippen molar-refractivity contribution in [2.75, 3.05) is 6.54 Å². The van der Waals surface area contributed by atoms with Crippen LogP contribution in [0.25, 0.3) is 0 Å². The van der Waals surface area contributed by atoms with Crippen molar-refractivity contribution < 1.29 is 0 Å². The molecule has 3 nitrogen and oxygen atoms in total. The summed E-state index contributed by atoms with van der Waals surface area (Å²) < 4.78 is 2.17. The molecule has 3 heteroatoms. The molecule has 1 aromatic rings. The molecule has 2 aliphatic rings. The Labute approximate surface area is 110 Å². The molecule has 2 saturated carbocycles. The van der Waals surface area contributed by atoms with Crippen molar-refractivity contribution in [2.45, 2.75) is 45.1 Å². The maximum absolute atomic E-state index is 4.54. The van der Waals surface area contributed by atoms with Crippen LogP contribution in [0, 0.1) is 17.8 Å². The van der Waals surface area contributed by atoms with Gasteiger partial charge in [0, 0.05) is 19.4 Å². The monoisotopic (exact) mass is 247 g/mol. The maximum Gasteiger partial charge on any atom is 0.125 e. The van der Waals surface area contributed by atoms with Crippen molar-refractivity contribution in [3.05, 3.63) is 18.2 Å². The van der Waals surface area contributed by atoms with E-state index in [9.17, 15) is 0 Å². The largest absolute Gasteiger partial charge is 0.337 e. The molecule has 4 atom stereocenters. The zero-order chi connectivity index (χ0) is 12.5. The fraction of sp³-hybridized carbons (Fsp3) is 0.800. The molecule has 100 valence electrons. The summed E-state index contributed by atoms with van der Waals surface area (Å²) in [6.45, 7) is 3.22. The summed E-state index contributed by atoms with van der Waals surface area (Å²) in [6, 6.07) is 0.444. The maximum atomic E-state index is 4.54. The van der Waals surface area contributed by atoms with Gasteiger partial charge in [0.05, 0.1) is 6.04 Å². The molecular formula is C15H25N3. The van der Waals surface area contributed by atoms with Crippen molar-refractivity contribution in [1.82, 2.24) is 14.9 Å². The van der Waals surface area contributed by atoms with E-state index in [0.29, 0.717) is 6.04 Å². The number of hydrogen-bond acceptors (Lipinski definition) is 2. The Balaban J connectivity index is 1.69. The Morgan fingerprint density at radius 3 is 2.89 bits per heavy atom. The van der Waals surface area contributed by atoms with E-state index >= 15 is 0 Å². The Morgan fingerprint density at radius 1 is 1.44 bits per heavy atom. The van der Waals surface area contributed by atoms with Gasteiger partial charge in [-0.05, 0) is 50.0 Å². The highest BCUT2D eigenvalue weighted by atomic mass is 15.1. The van der Waals surface area contributed by atoms with Crippen molar-refractivity contribution >= 4 is 0 Å². The van der Waals surface area contributed by atoms with E-state index in [1.165, 1.54) is 37.9 Å². The second-order valence-electron chi connectivity index (χ2n) is 6.18. The second-order valence-corrected chi connectivity index (χ2v) is 6.18. The van der Waals surface area contributed by atoms with Crippen molar-refractivity contribution in [2.24, 2.45) is 24.8 Å². The number of rotatable bonds is 5. The molecule has 1 heterocycles. The molecule has 0 spiro atoms. The predicted octanol–water partition coefficient (Wildman–Crippen LogP) is 2.90. The van der Waals surface area contributed by atoms with Crippen LogP contribution in [-0.2, 0) is 7.05 Å². The van der Waals surface area contributed by atoms with Crippen LogP contribution < -0.4 is 5.32 Å². The van der Waals surface area contributed by atoms with Gasteiger partial charge in [-0.25, -0.2) is 4.98 Å². The highest BCUT2D eigenvalue weighted by molar-refractivity contribution is 5.01. The van der Waals surface area contributed by atoms with Gasteiger partial charge in [-0.2, -0.15) is 0 Å². The molecule has 0 aromatic carbocycles. The minimum absolute atomic E-state index is 0.444. The molecule has 1 aromatic heterocycles. The summed E-state index contributed by atoms with van der Waals surface area (Å²) >= 11 is 0. The minimum atomic E-state index is 0.444. The lowest BCUT2D eigenvalue weighted by molar-refractivity contribution is 0.274. The SMILES string of the molecule is CCNC(CC1CC2CCC1C2)c1nccn1C. The summed E-state index contributed by atoms with van der Waals surface area (Å²) in [5, 5.41) is 3.63. The van der Waals surface area contributed by atoms with Gasteiger partial charge in [0.1, 0.15) is 5.82 Å². The third kappa shape index (κ3) is 2.20. The first-order valence-electron chi connectivity index (χ1n) is 7.48. The summed E-state index contributed by atoms with van der Waals surface area (Å²) in [4.78, 5) is 4.54. The molecule has 4 unspecified atom stereocenters. The number of nitrogens with one attached hydrogen (secondary N) is 1. The quantitative estimate of drug-likeness (QED) is 0.867. The van der Waals surface area contributed by atoms with Crippen molar-refractivity contribution in [3.8, 4) is 0 Å². The van der Waals surface area contributed by atoms with Gasteiger partial charge in [-0.15, -0.1) is 0 Å². The van der Waals surface area contributed by atoms with E-state index in [2.05, 4.69) is 35.0 Å². The molecule has 1 N–H and O–H groups in total. The van der Waals surface area contributed by atoms with Crippen molar-refractivity contribution in [1.29, 1.82) is 0 Å². The van der Waals surface area contributed by atoms with Gasteiger partial charge >= 0.3 is 0 Å². The van der Waals surface area contributed by atoms with Gasteiger partial charge in [0.15, 0.2) is 0 Å². The zero-order valence-electron chi connectivity index (χ0n) is 11.6. The van der Waals surface area contributed by atoms with E-state index in [4.69, 9.17) is 0 Å². The van der Waals surface area contributed by atoms with Crippen LogP contribution in [-0.4, -0.2) is 16.1 Å². The molecule has 0 saturated heterocycles. The van der Waals surface area contributed by atoms with Crippen LogP contribution in [0.15, 0.2) is 12.4 Å². The van der Waals surface area contributed by atoms with E-state index in [1.807, 2.05) is 6.20 Å². The third-order valence-electron chi connectivity index (χ3n) is 5.04. The number of nitrogens with zero attached hydrogens (tertiary/aromatic N) is 2. The average Bonchev–Trinajstić information content (AvgIpc) is 3.04. The van der Waals surface area contributed by atoms with Gasteiger partial charge in [-0.3, -0.25) is 0 Å². The lowest BCUT2D eigenvalue weighted by atomic mass is 9.84. The number of aromatic nitrogens is 2. The van der Waals surface area contributed by atoms with E-state index in [-0.39, 0.29) is 0 Å². The molecule has 2 aliphatic carbocycles. The van der Waals surface area contributed by atoms with Gasteiger partial charge < -0.3 is 9.88 Å². The molecular weight excluding hydrogens is 222 g/mol. The molecule has 0 radical (unpaired) electrons. The van der Waals surface area contributed by atoms with Crippen LogP contribution in [0.3, 0.4) is 0 Å². The summed E-state index contributed by atoms with van der Waals surface area (Å²) in [6.07, 6.45) is 11.2. The zero-order valence-corrected chi connectivity index (χ0v) is 11.6. The molecule has 3 rings (SSSR count). The van der Waals surface area contributed by atoms with E-state index < -0.39 is 0 Å². The Morgan fingerprint density at radius 2 is 2.33 bits per heavy atom. The molecule has 2 bridgehead atoms. The number of imidazole rings is 1. The predicted molar refractivity (Wildman–Crippen MR) is 73.2 cm³/mol. The van der Waals surface area contributed by atoms with Gasteiger partial charge in [0.25, 0.3) is 0 Å². The van der Waals surface area contributed by atoms with Gasteiger partial charge in [-0.1, -0.05) is 13.3 Å². The highest BCUT2D eigenvalue weighted by Gasteiger charge is 2.40. The first-order chi connectivity index (χ1) is 8.78. The summed E-state index contributed by atoms with van der Waals surface area (Å²) in [5.74, 6) is 4.20. The summed E-state index contributed by atoms with van der Waals surface area (Å²) in [7, 11) is 2.10. The smallest absolute Gasteiger partial charge is 0.125 e. The Hall–Kier alpha value is -0.830.